The fraction of sp³-hybridized carbons (Fsp3) is 0. The molecule has 2 heterocycles. The second-order valence-electron chi connectivity index (χ2n) is 12.9. The lowest BCUT2D eigenvalue weighted by molar-refractivity contribution is 1.18. The third-order valence-electron chi connectivity index (χ3n) is 9.65. The molecule has 3 heteroatoms. The lowest BCUT2D eigenvalue weighted by atomic mass is 9.91. The molecule has 9 aromatic rings. The molecule has 3 nitrogen and oxygen atoms in total. The Labute approximate surface area is 303 Å². The summed E-state index contributed by atoms with van der Waals surface area (Å²) in [4.78, 5) is 14.4. The summed E-state index contributed by atoms with van der Waals surface area (Å²) in [6.45, 7) is 0. The van der Waals surface area contributed by atoms with Crippen molar-refractivity contribution in [3.8, 4) is 78.4 Å². The molecule has 0 saturated heterocycles. The molecule has 0 unspecified atom stereocenters. The average molecular weight is 664 g/mol. The molecule has 9 rings (SSSR count). The van der Waals surface area contributed by atoms with E-state index in [1.807, 2.05) is 36.5 Å². The zero-order valence-electron chi connectivity index (χ0n) is 28.4. The molecule has 7 aromatic carbocycles. The van der Waals surface area contributed by atoms with E-state index in [9.17, 15) is 0 Å². The number of nitrogens with zero attached hydrogens (tertiary/aromatic N) is 3. The van der Waals surface area contributed by atoms with Gasteiger partial charge < -0.3 is 0 Å². The molecule has 0 atom stereocenters. The second-order valence-corrected chi connectivity index (χ2v) is 12.9. The van der Waals surface area contributed by atoms with Crippen LogP contribution in [0.15, 0.2) is 200 Å². The SMILES string of the molecule is c1ccc(-c2ccc(-c3cc(-c4ccc(-c5ccc(-c6ccc(-c7cccnc7)cc6)c6ccccc56)cc4)nc(-c4ccccc4)n3)cc2)cc1. The normalized spacial score (nSPS) is 11.1. The summed E-state index contributed by atoms with van der Waals surface area (Å²) in [5.74, 6) is 0.708. The highest BCUT2D eigenvalue weighted by atomic mass is 14.9. The van der Waals surface area contributed by atoms with Gasteiger partial charge in [0.05, 0.1) is 11.4 Å². The zero-order chi connectivity index (χ0) is 34.7. The van der Waals surface area contributed by atoms with E-state index < -0.39 is 0 Å². The molecule has 0 N–H and O–H groups in total. The Morgan fingerprint density at radius 2 is 0.692 bits per heavy atom. The molecule has 2 aromatic heterocycles. The number of fused-ring (bicyclic) bond motifs is 1. The maximum Gasteiger partial charge on any atom is 0.160 e. The molecule has 0 radical (unpaired) electrons. The second kappa shape index (κ2) is 13.7. The molecule has 0 spiro atoms. The van der Waals surface area contributed by atoms with Crippen LogP contribution in [0.5, 0.6) is 0 Å². The first-order valence-electron chi connectivity index (χ1n) is 17.5. The fourth-order valence-electron chi connectivity index (χ4n) is 6.92. The van der Waals surface area contributed by atoms with E-state index in [2.05, 4.69) is 163 Å². The summed E-state index contributed by atoms with van der Waals surface area (Å²) in [6.07, 6.45) is 3.71. The number of benzene rings is 7. The first kappa shape index (κ1) is 31.0. The van der Waals surface area contributed by atoms with Gasteiger partial charge in [0.2, 0.25) is 0 Å². The van der Waals surface area contributed by atoms with Crippen molar-refractivity contribution in [2.24, 2.45) is 0 Å². The predicted molar refractivity (Wildman–Crippen MR) is 215 cm³/mol. The van der Waals surface area contributed by atoms with E-state index >= 15 is 0 Å². The Balaban J connectivity index is 1.06. The van der Waals surface area contributed by atoms with Gasteiger partial charge in [0.25, 0.3) is 0 Å². The standard InChI is InChI=1S/C49H33N3/c1-3-10-34(11-4-1)35-19-25-39(26-20-35)47-32-48(52-49(51-47)41-12-5-2-6-13-41)40-27-23-38(24-28-40)44-30-29-43(45-15-7-8-16-46(44)45)37-21-17-36(18-22-37)42-14-9-31-50-33-42/h1-33H. The van der Waals surface area contributed by atoms with E-state index in [4.69, 9.17) is 9.97 Å². The third kappa shape index (κ3) is 6.17. The highest BCUT2D eigenvalue weighted by Gasteiger charge is 2.13. The summed E-state index contributed by atoms with van der Waals surface area (Å²) >= 11 is 0. The molecule has 52 heavy (non-hydrogen) atoms. The van der Waals surface area contributed by atoms with Crippen LogP contribution in [-0.4, -0.2) is 15.0 Å². The quantitative estimate of drug-likeness (QED) is 0.170. The van der Waals surface area contributed by atoms with Crippen molar-refractivity contribution in [2.45, 2.75) is 0 Å². The van der Waals surface area contributed by atoms with Crippen molar-refractivity contribution in [2.75, 3.05) is 0 Å². The number of aromatic nitrogens is 3. The van der Waals surface area contributed by atoms with E-state index in [1.54, 1.807) is 6.20 Å². The lowest BCUT2D eigenvalue weighted by Crippen LogP contribution is -1.96. The Morgan fingerprint density at radius 1 is 0.288 bits per heavy atom. The van der Waals surface area contributed by atoms with Crippen molar-refractivity contribution < 1.29 is 0 Å². The average Bonchev–Trinajstić information content (AvgIpc) is 3.24. The van der Waals surface area contributed by atoms with Crippen molar-refractivity contribution in [1.29, 1.82) is 0 Å². The number of hydrogen-bond donors (Lipinski definition) is 0. The van der Waals surface area contributed by atoms with Crippen molar-refractivity contribution in [3.63, 3.8) is 0 Å². The van der Waals surface area contributed by atoms with E-state index in [1.165, 1.54) is 38.6 Å². The number of hydrogen-bond acceptors (Lipinski definition) is 3. The minimum Gasteiger partial charge on any atom is -0.264 e. The maximum absolute atomic E-state index is 5.07. The van der Waals surface area contributed by atoms with Gasteiger partial charge in [0.1, 0.15) is 0 Å². The minimum absolute atomic E-state index is 0.708. The van der Waals surface area contributed by atoms with E-state index in [-0.39, 0.29) is 0 Å². The van der Waals surface area contributed by atoms with Crippen LogP contribution in [0.3, 0.4) is 0 Å². The monoisotopic (exact) mass is 663 g/mol. The molecule has 0 saturated carbocycles. The molecule has 0 aliphatic rings. The lowest BCUT2D eigenvalue weighted by Gasteiger charge is -2.13. The van der Waals surface area contributed by atoms with Gasteiger partial charge in [-0.2, -0.15) is 0 Å². The fourth-order valence-corrected chi connectivity index (χ4v) is 6.92. The molecule has 244 valence electrons. The Hall–Kier alpha value is -6.97. The van der Waals surface area contributed by atoms with Gasteiger partial charge in [-0.1, -0.05) is 176 Å². The minimum atomic E-state index is 0.708. The summed E-state index contributed by atoms with van der Waals surface area (Å²) < 4.78 is 0. The van der Waals surface area contributed by atoms with Gasteiger partial charge in [0.15, 0.2) is 5.82 Å². The smallest absolute Gasteiger partial charge is 0.160 e. The highest BCUT2D eigenvalue weighted by molar-refractivity contribution is 6.05. The zero-order valence-corrected chi connectivity index (χ0v) is 28.4. The molecule has 0 amide bonds. The van der Waals surface area contributed by atoms with Crippen LogP contribution < -0.4 is 0 Å². The molecule has 0 fully saturated rings. The summed E-state index contributed by atoms with van der Waals surface area (Å²) in [5, 5.41) is 2.45. The van der Waals surface area contributed by atoms with Crippen LogP contribution in [0, 0.1) is 0 Å². The van der Waals surface area contributed by atoms with Crippen molar-refractivity contribution >= 4 is 10.8 Å². The van der Waals surface area contributed by atoms with Crippen LogP contribution >= 0.6 is 0 Å². The molecular weight excluding hydrogens is 631 g/mol. The third-order valence-corrected chi connectivity index (χ3v) is 9.65. The summed E-state index contributed by atoms with van der Waals surface area (Å²) in [7, 11) is 0. The van der Waals surface area contributed by atoms with Crippen LogP contribution in [0.25, 0.3) is 89.2 Å². The first-order chi connectivity index (χ1) is 25.8. The van der Waals surface area contributed by atoms with Gasteiger partial charge >= 0.3 is 0 Å². The van der Waals surface area contributed by atoms with Crippen molar-refractivity contribution in [1.82, 2.24) is 15.0 Å². The molecule has 0 aliphatic heterocycles. The predicted octanol–water partition coefficient (Wildman–Crippen LogP) is 12.7. The van der Waals surface area contributed by atoms with Crippen LogP contribution in [-0.2, 0) is 0 Å². The molecule has 0 bridgehead atoms. The number of pyridine rings is 1. The number of rotatable bonds is 7. The Kier molecular flexibility index (Phi) is 8.20. The van der Waals surface area contributed by atoms with Gasteiger partial charge in [-0.25, -0.2) is 9.97 Å². The van der Waals surface area contributed by atoms with Gasteiger partial charge in [-0.3, -0.25) is 4.98 Å². The van der Waals surface area contributed by atoms with Crippen LogP contribution in [0.4, 0.5) is 0 Å². The molecular formula is C49H33N3. The first-order valence-corrected chi connectivity index (χ1v) is 17.5. The Bertz CT molecular complexity index is 2620. The van der Waals surface area contributed by atoms with Gasteiger partial charge in [0, 0.05) is 29.1 Å². The summed E-state index contributed by atoms with van der Waals surface area (Å²) in [6, 6.07) is 66.1. The highest BCUT2D eigenvalue weighted by Crippen LogP contribution is 2.37. The Morgan fingerprint density at radius 3 is 1.19 bits per heavy atom. The largest absolute Gasteiger partial charge is 0.264 e. The van der Waals surface area contributed by atoms with Gasteiger partial charge in [-0.05, 0) is 67.4 Å². The molecule has 0 aliphatic carbocycles. The topological polar surface area (TPSA) is 38.7 Å². The summed E-state index contributed by atoms with van der Waals surface area (Å²) in [5.41, 5.74) is 14.3. The van der Waals surface area contributed by atoms with E-state index in [0.29, 0.717) is 5.82 Å². The maximum atomic E-state index is 5.07. The van der Waals surface area contributed by atoms with Crippen LogP contribution in [0.1, 0.15) is 0 Å². The van der Waals surface area contributed by atoms with Gasteiger partial charge in [-0.15, -0.1) is 0 Å². The van der Waals surface area contributed by atoms with Crippen molar-refractivity contribution in [3.05, 3.63) is 200 Å². The van der Waals surface area contributed by atoms with E-state index in [0.717, 1.165) is 44.8 Å². The van der Waals surface area contributed by atoms with Crippen LogP contribution in [0.2, 0.25) is 0 Å².